The van der Waals surface area contributed by atoms with E-state index in [9.17, 15) is 19.5 Å². The molecule has 0 spiro atoms. The molecule has 0 unspecified atom stereocenters. The third-order valence-corrected chi connectivity index (χ3v) is 3.56. The number of phenols is 1. The zero-order valence-electron chi connectivity index (χ0n) is 10.6. The zero-order chi connectivity index (χ0) is 14.3. The molecule has 0 bridgehead atoms. The molecule has 102 valence electrons. The molecule has 0 radical (unpaired) electrons. The lowest BCUT2D eigenvalue weighted by molar-refractivity contribution is -0.162. The first kappa shape index (κ1) is 12.4. The highest BCUT2D eigenvalue weighted by Crippen LogP contribution is 2.38. The average molecular weight is 272 g/mol. The van der Waals surface area contributed by atoms with Gasteiger partial charge in [-0.25, -0.2) is 4.79 Å². The van der Waals surface area contributed by atoms with Crippen LogP contribution in [0.1, 0.15) is 30.4 Å². The van der Waals surface area contributed by atoms with Crippen LogP contribution >= 0.6 is 0 Å². The summed E-state index contributed by atoms with van der Waals surface area (Å²) in [6.07, 6.45) is 1.08. The van der Waals surface area contributed by atoms with Gasteiger partial charge in [-0.15, -0.1) is 0 Å². The van der Waals surface area contributed by atoms with E-state index in [-0.39, 0.29) is 42.6 Å². The van der Waals surface area contributed by atoms with Crippen LogP contribution in [-0.2, 0) is 20.9 Å². The monoisotopic (exact) mass is 272 g/mol. The number of hydrogen-bond donors (Lipinski definition) is 1. The first-order valence-electron chi connectivity index (χ1n) is 6.33. The van der Waals surface area contributed by atoms with Gasteiger partial charge >= 0.3 is 0 Å². The normalized spacial score (nSPS) is 18.3. The van der Waals surface area contributed by atoms with Crippen LogP contribution in [0.2, 0.25) is 0 Å². The van der Waals surface area contributed by atoms with E-state index < -0.39 is 0 Å². The molecule has 1 aromatic carbocycles. The number of carbonyl (C=O) groups excluding carboxylic acids is 3. The Morgan fingerprint density at radius 1 is 1.15 bits per heavy atom. The van der Waals surface area contributed by atoms with Crippen LogP contribution in [0, 0.1) is 0 Å². The Kier molecular flexibility index (Phi) is 2.80. The summed E-state index contributed by atoms with van der Waals surface area (Å²) in [7, 11) is 0. The molecular weight excluding hydrogens is 260 g/mol. The molecule has 1 saturated heterocycles. The average Bonchev–Trinajstić information content (AvgIpc) is 2.78. The van der Waals surface area contributed by atoms with Crippen LogP contribution in [0.3, 0.4) is 0 Å². The lowest BCUT2D eigenvalue weighted by Crippen LogP contribution is -2.49. The van der Waals surface area contributed by atoms with Gasteiger partial charge in [-0.2, -0.15) is 5.01 Å². The van der Waals surface area contributed by atoms with E-state index in [0.29, 0.717) is 17.5 Å². The highest BCUT2D eigenvalue weighted by atomic mass is 16.3. The molecule has 0 atom stereocenters. The number of imide groups is 1. The van der Waals surface area contributed by atoms with Crippen molar-refractivity contribution in [3.8, 4) is 5.75 Å². The minimum atomic E-state index is -0.332. The third kappa shape index (κ3) is 1.70. The number of amides is 2. The van der Waals surface area contributed by atoms with Gasteiger partial charge in [-0.3, -0.25) is 14.6 Å². The minimum Gasteiger partial charge on any atom is -0.508 e. The van der Waals surface area contributed by atoms with Gasteiger partial charge in [-0.1, -0.05) is 12.1 Å². The van der Waals surface area contributed by atoms with Crippen molar-refractivity contribution in [1.29, 1.82) is 0 Å². The maximum Gasteiger partial charge on any atom is 0.248 e. The quantitative estimate of drug-likeness (QED) is 0.605. The van der Waals surface area contributed by atoms with E-state index in [4.69, 9.17) is 0 Å². The molecule has 6 heteroatoms. The Morgan fingerprint density at radius 2 is 1.85 bits per heavy atom. The molecule has 6 nitrogen and oxygen atoms in total. The van der Waals surface area contributed by atoms with Crippen molar-refractivity contribution in [1.82, 2.24) is 10.0 Å². The van der Waals surface area contributed by atoms with E-state index in [2.05, 4.69) is 0 Å². The van der Waals surface area contributed by atoms with Crippen molar-refractivity contribution < 1.29 is 19.5 Å². The Balaban J connectivity index is 2.05. The van der Waals surface area contributed by atoms with Gasteiger partial charge in [0.05, 0.1) is 6.54 Å². The second-order valence-corrected chi connectivity index (χ2v) is 4.76. The van der Waals surface area contributed by atoms with Crippen LogP contribution < -0.4 is 0 Å². The summed E-state index contributed by atoms with van der Waals surface area (Å²) in [6, 6.07) is 4.77. The molecule has 2 heterocycles. The summed E-state index contributed by atoms with van der Waals surface area (Å²) in [6.45, 7) is 0.115. The van der Waals surface area contributed by atoms with Crippen molar-refractivity contribution in [3.05, 3.63) is 29.3 Å². The molecular formula is C14H12N2O4. The van der Waals surface area contributed by atoms with Gasteiger partial charge in [0.2, 0.25) is 11.8 Å². The van der Waals surface area contributed by atoms with Gasteiger partial charge in [0.1, 0.15) is 11.4 Å². The SMILES string of the molecule is O=C=C1c2cccc(O)c2CN1N1C(=O)CCCC1=O. The molecule has 1 fully saturated rings. The van der Waals surface area contributed by atoms with Crippen LogP contribution in [0.25, 0.3) is 5.70 Å². The maximum absolute atomic E-state index is 11.9. The number of piperidine rings is 1. The summed E-state index contributed by atoms with van der Waals surface area (Å²) in [5.74, 6) is 1.14. The van der Waals surface area contributed by atoms with Crippen molar-refractivity contribution in [3.63, 3.8) is 0 Å². The first-order valence-corrected chi connectivity index (χ1v) is 6.33. The molecule has 0 saturated carbocycles. The number of hydrazine groups is 1. The lowest BCUT2D eigenvalue weighted by Gasteiger charge is -2.33. The minimum absolute atomic E-state index is 0.0367. The number of nitrogens with zero attached hydrogens (tertiary/aromatic N) is 2. The molecule has 2 amide bonds. The highest BCUT2D eigenvalue weighted by molar-refractivity contribution is 6.00. The van der Waals surface area contributed by atoms with Crippen LogP contribution in [0.15, 0.2) is 18.2 Å². The Hall–Kier alpha value is -2.59. The van der Waals surface area contributed by atoms with Gasteiger partial charge in [-0.05, 0) is 12.5 Å². The molecule has 0 aliphatic carbocycles. The molecule has 3 rings (SSSR count). The largest absolute Gasteiger partial charge is 0.508 e. The fourth-order valence-electron chi connectivity index (χ4n) is 2.62. The second kappa shape index (κ2) is 4.51. The predicted octanol–water partition coefficient (Wildman–Crippen LogP) is 0.834. The molecule has 2 aliphatic heterocycles. The van der Waals surface area contributed by atoms with Gasteiger partial charge < -0.3 is 5.11 Å². The summed E-state index contributed by atoms with van der Waals surface area (Å²) in [5, 5.41) is 12.1. The van der Waals surface area contributed by atoms with Crippen molar-refractivity contribution in [2.24, 2.45) is 0 Å². The predicted molar refractivity (Wildman–Crippen MR) is 68.5 cm³/mol. The fourth-order valence-corrected chi connectivity index (χ4v) is 2.62. The van der Waals surface area contributed by atoms with Crippen LogP contribution in [0.5, 0.6) is 5.75 Å². The summed E-state index contributed by atoms with van der Waals surface area (Å²) in [4.78, 5) is 35.1. The number of carbonyl (C=O) groups is 2. The maximum atomic E-state index is 11.9. The Labute approximate surface area is 114 Å². The number of phenolic OH excluding ortho intramolecular Hbond substituents is 1. The molecule has 1 N–H and O–H groups in total. The molecule has 20 heavy (non-hydrogen) atoms. The fraction of sp³-hybridized carbons (Fsp3) is 0.286. The summed E-state index contributed by atoms with van der Waals surface area (Å²) in [5.41, 5.74) is 1.14. The topological polar surface area (TPSA) is 77.9 Å². The third-order valence-electron chi connectivity index (χ3n) is 3.56. The summed E-state index contributed by atoms with van der Waals surface area (Å²) >= 11 is 0. The van der Waals surface area contributed by atoms with Gasteiger partial charge in [0, 0.05) is 24.0 Å². The van der Waals surface area contributed by atoms with Crippen molar-refractivity contribution >= 4 is 23.5 Å². The van der Waals surface area contributed by atoms with E-state index in [1.165, 1.54) is 11.1 Å². The van der Waals surface area contributed by atoms with Crippen LogP contribution in [0.4, 0.5) is 0 Å². The second-order valence-electron chi connectivity index (χ2n) is 4.76. The van der Waals surface area contributed by atoms with E-state index >= 15 is 0 Å². The van der Waals surface area contributed by atoms with Gasteiger partial charge in [0.25, 0.3) is 0 Å². The zero-order valence-corrected chi connectivity index (χ0v) is 10.6. The van der Waals surface area contributed by atoms with E-state index in [1.54, 1.807) is 18.1 Å². The number of benzene rings is 1. The Morgan fingerprint density at radius 3 is 2.50 bits per heavy atom. The molecule has 1 aromatic rings. The number of hydrogen-bond acceptors (Lipinski definition) is 5. The van der Waals surface area contributed by atoms with Crippen molar-refractivity contribution in [2.45, 2.75) is 25.8 Å². The molecule has 0 aromatic heterocycles. The highest BCUT2D eigenvalue weighted by Gasteiger charge is 2.38. The number of fused-ring (bicyclic) bond motifs is 1. The van der Waals surface area contributed by atoms with Gasteiger partial charge in [0.15, 0.2) is 5.94 Å². The van der Waals surface area contributed by atoms with Crippen LogP contribution in [-0.4, -0.2) is 32.9 Å². The Bertz CT molecular complexity index is 645. The standard InChI is InChI=1S/C14H12N2O4/c17-8-11-9-3-1-4-12(18)10(9)7-15(11)16-13(19)5-2-6-14(16)20/h1,3-4,18H,2,5-7H2. The van der Waals surface area contributed by atoms with E-state index in [0.717, 1.165) is 5.01 Å². The smallest absolute Gasteiger partial charge is 0.248 e. The number of rotatable bonds is 1. The first-order chi connectivity index (χ1) is 9.63. The lowest BCUT2D eigenvalue weighted by atomic mass is 10.1. The van der Waals surface area contributed by atoms with Crippen molar-refractivity contribution in [2.75, 3.05) is 0 Å². The number of aromatic hydroxyl groups is 1. The molecule has 2 aliphatic rings. The summed E-state index contributed by atoms with van der Waals surface area (Å²) < 4.78 is 0. The van der Waals surface area contributed by atoms with E-state index in [1.807, 2.05) is 0 Å².